The summed E-state index contributed by atoms with van der Waals surface area (Å²) in [4.78, 5) is 11.6. The summed E-state index contributed by atoms with van der Waals surface area (Å²) in [6, 6.07) is 0. The quantitative estimate of drug-likeness (QED) is 0.133. The number of carbonyl (C=O) groups excluding carboxylic acids is 1. The van der Waals surface area contributed by atoms with Crippen LogP contribution in [0, 0.1) is 0 Å². The molecule has 6 nitrogen and oxygen atoms in total. The zero-order valence-electron chi connectivity index (χ0n) is 19.1. The number of carbonyl (C=O) groups is 1. The monoisotopic (exact) mass is 488 g/mol. The van der Waals surface area contributed by atoms with Crippen LogP contribution in [0.3, 0.4) is 0 Å². The summed E-state index contributed by atoms with van der Waals surface area (Å²) in [6.45, 7) is 4.25. The van der Waals surface area contributed by atoms with Gasteiger partial charge in [0, 0.05) is 6.42 Å². The Hall–Kier alpha value is 0.716. The average Bonchev–Trinajstić information content (AvgIpc) is 2.69. The molecule has 0 aliphatic heterocycles. The van der Waals surface area contributed by atoms with Crippen LogP contribution in [0.2, 0.25) is 0 Å². The van der Waals surface area contributed by atoms with Gasteiger partial charge in [0.25, 0.3) is 0 Å². The molecule has 0 aromatic carbocycles. The van der Waals surface area contributed by atoms with Crippen molar-refractivity contribution in [1.29, 1.82) is 0 Å². The second kappa shape index (κ2) is 23.9. The molecule has 1 atom stereocenters. The topological polar surface area (TPSA) is 89.9 Å². The van der Waals surface area contributed by atoms with Gasteiger partial charge in [0.15, 0.2) is 0 Å². The van der Waals surface area contributed by atoms with Gasteiger partial charge in [0.1, 0.15) is 0 Å². The molecule has 31 heavy (non-hydrogen) atoms. The molecule has 0 saturated carbocycles. The third-order valence-electron chi connectivity index (χ3n) is 4.89. The van der Waals surface area contributed by atoms with E-state index in [1.165, 1.54) is 19.3 Å². The summed E-state index contributed by atoms with van der Waals surface area (Å²) < 4.78 is 32.1. The molecule has 180 valence electrons. The molecule has 0 bridgehead atoms. The number of hydrogen-bond acceptors (Lipinski definition) is 6. The Balaban J connectivity index is 0. The maximum absolute atomic E-state index is 11.6. The summed E-state index contributed by atoms with van der Waals surface area (Å²) in [5.74, 6) is -0.748. The van der Waals surface area contributed by atoms with Crippen molar-refractivity contribution < 1.29 is 26.7 Å². The van der Waals surface area contributed by atoms with Crippen LogP contribution in [-0.2, 0) is 23.6 Å². The zero-order chi connectivity index (χ0) is 22.5. The molecule has 8 heteroatoms. The molecule has 0 rings (SSSR count). The van der Waals surface area contributed by atoms with Gasteiger partial charge < -0.3 is 9.29 Å². The van der Waals surface area contributed by atoms with E-state index in [-0.39, 0.29) is 70.5 Å². The van der Waals surface area contributed by atoms with Crippen LogP contribution in [-0.4, -0.2) is 83.6 Å². The molecule has 0 aliphatic rings. The standard InChI is InChI=1S/C23H44O6S.K.H/c1-3-5-7-14-18-22(24)19-15-12-10-8-9-11-13-16-20-23(25)29-30(26,27)28-21-17-6-4-2;;/h12,15,22,24H,3-11,13-14,16-21H2,1-2H3;;/b15-12-;;/t22-;;/m1../s1. The van der Waals surface area contributed by atoms with E-state index in [4.69, 9.17) is 0 Å². The van der Waals surface area contributed by atoms with Crippen molar-refractivity contribution in [2.24, 2.45) is 0 Å². The van der Waals surface area contributed by atoms with E-state index in [0.29, 0.717) is 12.8 Å². The van der Waals surface area contributed by atoms with Gasteiger partial charge in [-0.25, -0.2) is 4.18 Å². The van der Waals surface area contributed by atoms with Crippen LogP contribution < -0.4 is 0 Å². The summed E-state index contributed by atoms with van der Waals surface area (Å²) >= 11 is 0. The Morgan fingerprint density at radius 1 is 0.871 bits per heavy atom. The van der Waals surface area contributed by atoms with Crippen molar-refractivity contribution in [1.82, 2.24) is 0 Å². The Morgan fingerprint density at radius 3 is 2.19 bits per heavy atom. The van der Waals surface area contributed by atoms with Gasteiger partial charge in [0.2, 0.25) is 0 Å². The molecule has 0 fully saturated rings. The summed E-state index contributed by atoms with van der Waals surface area (Å²) in [5, 5.41) is 9.89. The number of aliphatic hydroxyl groups is 1. The summed E-state index contributed by atoms with van der Waals surface area (Å²) in [5.41, 5.74) is 0. The summed E-state index contributed by atoms with van der Waals surface area (Å²) in [6.07, 6.45) is 18.6. The molecule has 1 N–H and O–H groups in total. The van der Waals surface area contributed by atoms with Crippen LogP contribution in [0.1, 0.15) is 117 Å². The third-order valence-corrected chi connectivity index (χ3v) is 5.73. The summed E-state index contributed by atoms with van der Waals surface area (Å²) in [7, 11) is -4.21. The van der Waals surface area contributed by atoms with Crippen molar-refractivity contribution in [3.05, 3.63) is 12.2 Å². The first-order valence-electron chi connectivity index (χ1n) is 11.9. The van der Waals surface area contributed by atoms with E-state index in [0.717, 1.165) is 64.2 Å². The van der Waals surface area contributed by atoms with Gasteiger partial charge in [-0.2, -0.15) is 8.42 Å². The molecule has 0 aromatic heterocycles. The van der Waals surface area contributed by atoms with Crippen molar-refractivity contribution in [2.45, 2.75) is 123 Å². The number of aliphatic hydroxyl groups excluding tert-OH is 1. The van der Waals surface area contributed by atoms with Gasteiger partial charge in [-0.05, 0) is 38.5 Å². The fraction of sp³-hybridized carbons (Fsp3) is 0.870. The second-order valence-electron chi connectivity index (χ2n) is 7.91. The van der Waals surface area contributed by atoms with E-state index in [9.17, 15) is 18.3 Å². The second-order valence-corrected chi connectivity index (χ2v) is 9.13. The number of allylic oxidation sites excluding steroid dienone is 1. The molecule has 0 saturated heterocycles. The Kier molecular flexibility index (Phi) is 26.1. The normalized spacial score (nSPS) is 12.6. The van der Waals surface area contributed by atoms with Crippen LogP contribution in [0.4, 0.5) is 0 Å². The van der Waals surface area contributed by atoms with Crippen molar-refractivity contribution >= 4 is 67.8 Å². The average molecular weight is 489 g/mol. The molecular weight excluding hydrogens is 443 g/mol. The van der Waals surface area contributed by atoms with Gasteiger partial charge in [-0.1, -0.05) is 83.8 Å². The zero-order valence-corrected chi connectivity index (χ0v) is 20.0. The first-order valence-corrected chi connectivity index (χ1v) is 13.2. The minimum absolute atomic E-state index is 0. The molecule has 0 aliphatic carbocycles. The van der Waals surface area contributed by atoms with Crippen molar-refractivity contribution in [2.75, 3.05) is 6.61 Å². The van der Waals surface area contributed by atoms with Crippen molar-refractivity contribution in [3.8, 4) is 0 Å². The Morgan fingerprint density at radius 2 is 1.48 bits per heavy atom. The number of hydrogen-bond donors (Lipinski definition) is 1. The van der Waals surface area contributed by atoms with E-state index < -0.39 is 16.4 Å². The molecular formula is C23H45KO6S. The minimum atomic E-state index is -4.21. The number of rotatable bonds is 21. The first-order chi connectivity index (χ1) is 14.4. The van der Waals surface area contributed by atoms with Gasteiger partial charge in [-0.15, -0.1) is 0 Å². The molecule has 0 amide bonds. The van der Waals surface area contributed by atoms with Gasteiger partial charge in [-0.3, -0.25) is 4.79 Å². The molecule has 0 aromatic rings. The molecule has 0 spiro atoms. The van der Waals surface area contributed by atoms with Gasteiger partial charge in [0.05, 0.1) is 12.7 Å². The fourth-order valence-corrected chi connectivity index (χ4v) is 3.73. The van der Waals surface area contributed by atoms with Crippen LogP contribution in [0.25, 0.3) is 0 Å². The van der Waals surface area contributed by atoms with E-state index >= 15 is 0 Å². The predicted molar refractivity (Wildman–Crippen MR) is 128 cm³/mol. The van der Waals surface area contributed by atoms with E-state index in [1.54, 1.807) is 0 Å². The fourth-order valence-electron chi connectivity index (χ4n) is 3.05. The Labute approximate surface area is 233 Å². The predicted octanol–water partition coefficient (Wildman–Crippen LogP) is 5.34. The molecule has 0 radical (unpaired) electrons. The van der Waals surface area contributed by atoms with E-state index in [1.807, 2.05) is 6.92 Å². The molecule has 0 heterocycles. The van der Waals surface area contributed by atoms with E-state index in [2.05, 4.69) is 27.4 Å². The third kappa shape index (κ3) is 25.2. The number of unbranched alkanes of at least 4 members (excludes halogenated alkanes) is 10. The van der Waals surface area contributed by atoms with Crippen molar-refractivity contribution in [3.63, 3.8) is 0 Å². The van der Waals surface area contributed by atoms with Crippen LogP contribution in [0.5, 0.6) is 0 Å². The molecule has 0 unspecified atom stereocenters. The van der Waals surface area contributed by atoms with Crippen LogP contribution in [0.15, 0.2) is 12.2 Å². The SMILES string of the molecule is CCCCCC[C@@H](O)C/C=C\CCCCCCCC(=O)OS(=O)(=O)OCCCCC.[KH]. The first kappa shape index (κ1) is 33.9. The maximum atomic E-state index is 11.6. The van der Waals surface area contributed by atoms with Crippen LogP contribution >= 0.6 is 0 Å². The Bertz CT molecular complexity index is 536. The van der Waals surface area contributed by atoms with Gasteiger partial charge >= 0.3 is 67.8 Å².